The molecule has 4 nitrogen and oxygen atoms in total. The summed E-state index contributed by atoms with van der Waals surface area (Å²) in [7, 11) is 1.73. The summed E-state index contributed by atoms with van der Waals surface area (Å²) < 4.78 is 6.29. The van der Waals surface area contributed by atoms with Crippen LogP contribution in [0.15, 0.2) is 40.3 Å². The number of pyridine rings is 1. The third-order valence-corrected chi connectivity index (χ3v) is 5.94. The van der Waals surface area contributed by atoms with Gasteiger partial charge in [0.05, 0.1) is 17.8 Å². The maximum absolute atomic E-state index is 5.59. The Kier molecular flexibility index (Phi) is 5.63. The molecule has 0 aromatic carbocycles. The molecular weight excluding hydrogens is 394 g/mol. The van der Waals surface area contributed by atoms with E-state index in [1.807, 2.05) is 18.3 Å². The van der Waals surface area contributed by atoms with Gasteiger partial charge in [-0.3, -0.25) is 4.98 Å². The smallest absolute Gasteiger partial charge is 0.170 e. The number of hydrogen-bond donors (Lipinski definition) is 1. The SMILES string of the molecule is COCCCN1C(=S)N[C@@H](c2ccccn2)[C@H]1c1cc(Br)cs1. The van der Waals surface area contributed by atoms with Gasteiger partial charge in [0.2, 0.25) is 0 Å². The number of thiophene rings is 1. The van der Waals surface area contributed by atoms with E-state index in [1.54, 1.807) is 18.4 Å². The molecule has 2 atom stereocenters. The Labute approximate surface area is 154 Å². The van der Waals surface area contributed by atoms with E-state index < -0.39 is 0 Å². The van der Waals surface area contributed by atoms with Gasteiger partial charge in [0.25, 0.3) is 0 Å². The second-order valence-corrected chi connectivity index (χ2v) is 7.58. The second-order valence-electron chi connectivity index (χ2n) is 5.33. The highest BCUT2D eigenvalue weighted by molar-refractivity contribution is 9.10. The second kappa shape index (κ2) is 7.70. The van der Waals surface area contributed by atoms with Crippen molar-refractivity contribution in [3.8, 4) is 0 Å². The van der Waals surface area contributed by atoms with E-state index in [0.29, 0.717) is 0 Å². The maximum atomic E-state index is 5.59. The summed E-state index contributed by atoms with van der Waals surface area (Å²) in [5.74, 6) is 0. The van der Waals surface area contributed by atoms with Crippen molar-refractivity contribution in [2.24, 2.45) is 0 Å². The molecule has 0 unspecified atom stereocenters. The lowest BCUT2D eigenvalue weighted by atomic mass is 10.0. The molecule has 1 aliphatic rings. The van der Waals surface area contributed by atoms with Crippen LogP contribution in [0.4, 0.5) is 0 Å². The molecule has 7 heteroatoms. The van der Waals surface area contributed by atoms with Crippen LogP contribution in [0.2, 0.25) is 0 Å². The van der Waals surface area contributed by atoms with Gasteiger partial charge in [-0.15, -0.1) is 11.3 Å². The van der Waals surface area contributed by atoms with Gasteiger partial charge in [0.1, 0.15) is 0 Å². The number of aromatic nitrogens is 1. The predicted molar refractivity (Wildman–Crippen MR) is 101 cm³/mol. The van der Waals surface area contributed by atoms with Crippen molar-refractivity contribution in [3.05, 3.63) is 50.9 Å². The highest BCUT2D eigenvalue weighted by Gasteiger charge is 2.40. The van der Waals surface area contributed by atoms with E-state index >= 15 is 0 Å². The monoisotopic (exact) mass is 411 g/mol. The summed E-state index contributed by atoms with van der Waals surface area (Å²) in [6, 6.07) is 8.40. The number of nitrogens with zero attached hydrogens (tertiary/aromatic N) is 2. The van der Waals surface area contributed by atoms with Gasteiger partial charge in [-0.2, -0.15) is 0 Å². The molecule has 0 spiro atoms. The third kappa shape index (κ3) is 3.74. The summed E-state index contributed by atoms with van der Waals surface area (Å²) in [4.78, 5) is 8.06. The molecule has 0 bridgehead atoms. The van der Waals surface area contributed by atoms with E-state index in [-0.39, 0.29) is 12.1 Å². The number of thiocarbonyl (C=S) groups is 1. The lowest BCUT2D eigenvalue weighted by Gasteiger charge is -2.26. The van der Waals surface area contributed by atoms with E-state index in [1.165, 1.54) is 4.88 Å². The van der Waals surface area contributed by atoms with Gasteiger partial charge in [-0.25, -0.2) is 0 Å². The Balaban J connectivity index is 1.91. The van der Waals surface area contributed by atoms with E-state index in [0.717, 1.165) is 34.9 Å². The molecule has 0 amide bonds. The normalized spacial score (nSPS) is 20.8. The highest BCUT2D eigenvalue weighted by Crippen LogP contribution is 2.41. The van der Waals surface area contributed by atoms with Crippen molar-refractivity contribution < 1.29 is 4.74 Å². The van der Waals surface area contributed by atoms with Crippen LogP contribution in [-0.4, -0.2) is 35.3 Å². The minimum absolute atomic E-state index is 0.0665. The van der Waals surface area contributed by atoms with Gasteiger partial charge < -0.3 is 15.0 Å². The average Bonchev–Trinajstić information content (AvgIpc) is 3.12. The largest absolute Gasteiger partial charge is 0.385 e. The van der Waals surface area contributed by atoms with Crippen LogP contribution < -0.4 is 5.32 Å². The van der Waals surface area contributed by atoms with Crippen LogP contribution in [-0.2, 0) is 4.74 Å². The number of methoxy groups -OCH3 is 1. The predicted octanol–water partition coefficient (Wildman–Crippen LogP) is 3.91. The Morgan fingerprint density at radius 3 is 3.00 bits per heavy atom. The summed E-state index contributed by atoms with van der Waals surface area (Å²) in [6.07, 6.45) is 2.77. The number of halogens is 1. The Morgan fingerprint density at radius 2 is 2.35 bits per heavy atom. The minimum Gasteiger partial charge on any atom is -0.385 e. The van der Waals surface area contributed by atoms with E-state index in [2.05, 4.69) is 48.6 Å². The first kappa shape index (κ1) is 16.8. The van der Waals surface area contributed by atoms with Crippen molar-refractivity contribution in [1.82, 2.24) is 15.2 Å². The molecule has 3 rings (SSSR count). The van der Waals surface area contributed by atoms with Crippen LogP contribution in [0.1, 0.15) is 29.1 Å². The maximum Gasteiger partial charge on any atom is 0.170 e. The zero-order chi connectivity index (χ0) is 16.2. The lowest BCUT2D eigenvalue weighted by molar-refractivity contribution is 0.181. The zero-order valence-corrected chi connectivity index (χ0v) is 16.0. The molecule has 1 N–H and O–H groups in total. The van der Waals surface area contributed by atoms with Crippen LogP contribution in [0.25, 0.3) is 0 Å². The topological polar surface area (TPSA) is 37.4 Å². The number of hydrogen-bond acceptors (Lipinski definition) is 4. The first-order chi connectivity index (χ1) is 11.2. The van der Waals surface area contributed by atoms with Crippen LogP contribution >= 0.6 is 39.5 Å². The third-order valence-electron chi connectivity index (χ3n) is 3.82. The number of rotatable bonds is 6. The lowest BCUT2D eigenvalue weighted by Crippen LogP contribution is -2.30. The summed E-state index contributed by atoms with van der Waals surface area (Å²) in [6.45, 7) is 1.59. The van der Waals surface area contributed by atoms with Crippen LogP contribution in [0.3, 0.4) is 0 Å². The van der Waals surface area contributed by atoms with Crippen LogP contribution in [0.5, 0.6) is 0 Å². The van der Waals surface area contributed by atoms with Crippen molar-refractivity contribution in [3.63, 3.8) is 0 Å². The van der Waals surface area contributed by atoms with E-state index in [4.69, 9.17) is 17.0 Å². The van der Waals surface area contributed by atoms with E-state index in [9.17, 15) is 0 Å². The molecule has 122 valence electrons. The minimum atomic E-state index is 0.0665. The van der Waals surface area contributed by atoms with Crippen molar-refractivity contribution >= 4 is 44.6 Å². The number of nitrogens with one attached hydrogen (secondary N) is 1. The van der Waals surface area contributed by atoms with Gasteiger partial charge in [-0.05, 0) is 52.8 Å². The first-order valence-corrected chi connectivity index (χ1v) is 9.49. The van der Waals surface area contributed by atoms with Gasteiger partial charge in [0.15, 0.2) is 5.11 Å². The van der Waals surface area contributed by atoms with Crippen LogP contribution in [0, 0.1) is 0 Å². The molecule has 23 heavy (non-hydrogen) atoms. The Morgan fingerprint density at radius 1 is 1.48 bits per heavy atom. The highest BCUT2D eigenvalue weighted by atomic mass is 79.9. The fraction of sp³-hybridized carbons (Fsp3) is 0.375. The molecule has 0 aliphatic carbocycles. The standard InChI is InChI=1S/C16H18BrN3OS2/c1-21-8-4-7-20-15(13-9-11(17)10-23-13)14(19-16(20)22)12-5-2-3-6-18-12/h2-3,5-6,9-10,14-15H,4,7-8H2,1H3,(H,19,22)/t14-,15+/m0/s1. The zero-order valence-electron chi connectivity index (χ0n) is 12.7. The van der Waals surface area contributed by atoms with Gasteiger partial charge >= 0.3 is 0 Å². The Hall–Kier alpha value is -1.02. The average molecular weight is 412 g/mol. The molecular formula is C16H18BrN3OS2. The van der Waals surface area contributed by atoms with Gasteiger partial charge in [0, 0.05) is 41.2 Å². The fourth-order valence-electron chi connectivity index (χ4n) is 2.82. The molecule has 1 fully saturated rings. The van der Waals surface area contributed by atoms with Crippen molar-refractivity contribution in [2.45, 2.75) is 18.5 Å². The molecule has 1 saturated heterocycles. The van der Waals surface area contributed by atoms with Crippen molar-refractivity contribution in [2.75, 3.05) is 20.3 Å². The Bertz CT molecular complexity index is 664. The van der Waals surface area contributed by atoms with Crippen molar-refractivity contribution in [1.29, 1.82) is 0 Å². The van der Waals surface area contributed by atoms with Gasteiger partial charge in [-0.1, -0.05) is 6.07 Å². The summed E-state index contributed by atoms with van der Waals surface area (Å²) in [5, 5.41) is 6.34. The molecule has 0 radical (unpaired) electrons. The molecule has 2 aromatic heterocycles. The fourth-order valence-corrected chi connectivity index (χ4v) is 4.74. The summed E-state index contributed by atoms with van der Waals surface area (Å²) in [5.41, 5.74) is 1.01. The quantitative estimate of drug-likeness (QED) is 0.575. The number of ether oxygens (including phenoxy) is 1. The molecule has 3 heterocycles. The first-order valence-electron chi connectivity index (χ1n) is 7.41. The molecule has 1 aliphatic heterocycles. The molecule has 0 saturated carbocycles. The molecule has 2 aromatic rings. The summed E-state index contributed by atoms with van der Waals surface area (Å²) >= 11 is 10.9.